The van der Waals surface area contributed by atoms with Crippen LogP contribution in [0.1, 0.15) is 228 Å². The molecule has 4 aromatic rings. The van der Waals surface area contributed by atoms with E-state index in [2.05, 4.69) is 78.9 Å². The minimum atomic E-state index is -0.684. The van der Waals surface area contributed by atoms with Gasteiger partial charge in [0, 0.05) is 48.2 Å². The van der Waals surface area contributed by atoms with Crippen LogP contribution in [0.5, 0.6) is 0 Å². The third kappa shape index (κ3) is 33.4. The average molecular weight is 1310 g/mol. The fourth-order valence-electron chi connectivity index (χ4n) is 9.55. The number of carbonyl (C=O) groups is 4. The van der Waals surface area contributed by atoms with Crippen molar-refractivity contribution in [3.63, 3.8) is 0 Å². The van der Waals surface area contributed by atoms with Gasteiger partial charge in [0.15, 0.2) is 11.4 Å². The van der Waals surface area contributed by atoms with E-state index in [1.807, 2.05) is 229 Å². The third-order valence-corrected chi connectivity index (χ3v) is 13.5. The predicted octanol–water partition coefficient (Wildman–Crippen LogP) is 20.7. The van der Waals surface area contributed by atoms with Crippen LogP contribution in [-0.2, 0) is 18.9 Å². The van der Waals surface area contributed by atoms with E-state index in [-0.39, 0.29) is 12.2 Å². The monoisotopic (exact) mass is 1310 g/mol. The molecule has 2 aliphatic carbocycles. The number of anilines is 2. The van der Waals surface area contributed by atoms with Gasteiger partial charge in [-0.3, -0.25) is 36.1 Å². The van der Waals surface area contributed by atoms with Crippen molar-refractivity contribution in [1.29, 1.82) is 0 Å². The van der Waals surface area contributed by atoms with Crippen molar-refractivity contribution in [2.45, 2.75) is 253 Å². The molecule has 0 aromatic heterocycles. The van der Waals surface area contributed by atoms with Gasteiger partial charge in [-0.1, -0.05) is 142 Å². The Morgan fingerprint density at radius 2 is 0.926 bits per heavy atom. The number of unbranched alkanes of at least 4 members (excludes halogenated alkanes) is 6. The van der Waals surface area contributed by atoms with Gasteiger partial charge < -0.3 is 18.9 Å². The molecule has 0 aliphatic heterocycles. The van der Waals surface area contributed by atoms with E-state index in [0.29, 0.717) is 30.6 Å². The van der Waals surface area contributed by atoms with E-state index in [1.54, 1.807) is 9.80 Å². The molecule has 95 heavy (non-hydrogen) atoms. The smallest absolute Gasteiger partial charge is 0.414 e. The largest absolute Gasteiger partial charge is 0.444 e. The second kappa shape index (κ2) is 39.9. The van der Waals surface area contributed by atoms with Crippen LogP contribution in [0.2, 0.25) is 0 Å². The van der Waals surface area contributed by atoms with Gasteiger partial charge in [-0.2, -0.15) is 0 Å². The maximum absolute atomic E-state index is 14.0. The Bertz CT molecular complexity index is 3230. The first-order valence-electron chi connectivity index (χ1n) is 34.3. The van der Waals surface area contributed by atoms with Crippen LogP contribution < -0.4 is 31.1 Å². The third-order valence-electron chi connectivity index (χ3n) is 13.5. The van der Waals surface area contributed by atoms with Crippen LogP contribution in [0, 0.1) is 19.3 Å². The number of para-hydroxylation sites is 2. The van der Waals surface area contributed by atoms with Crippen molar-refractivity contribution in [2.24, 2.45) is 15.4 Å². The molecule has 0 atom stereocenters. The summed E-state index contributed by atoms with van der Waals surface area (Å²) < 4.78 is 22.6. The van der Waals surface area contributed by atoms with Gasteiger partial charge >= 0.3 is 24.4 Å². The van der Waals surface area contributed by atoms with Crippen molar-refractivity contribution in [1.82, 2.24) is 10.6 Å². The summed E-state index contributed by atoms with van der Waals surface area (Å²) in [5.41, 5.74) is 11.3. The first-order valence-corrected chi connectivity index (χ1v) is 34.3. The van der Waals surface area contributed by atoms with E-state index in [1.165, 1.54) is 0 Å². The lowest BCUT2D eigenvalue weighted by atomic mass is 10.0. The van der Waals surface area contributed by atoms with Gasteiger partial charge in [-0.05, 0) is 214 Å². The predicted molar refractivity (Wildman–Crippen MR) is 398 cm³/mol. The SMILES string of the molecule is C=Nc1cc(C)c(N(CCCCCCCCCN(C(=O)OC(C)(C)C)c2ccc(N=C3C=C(C)C(NC(=O)OC(C)(C)C)=CC3)c([NH2+]c3ccccc3)c2C)C(=O)OC(C)(C)C)cc1[NH2+]c1ccccc1.CC.CC.CC(C)(C)C.CC1=CCCC=C1NC(=O)OC(C)(C)C. The minimum Gasteiger partial charge on any atom is -0.444 e. The molecule has 0 unspecified atom stereocenters. The van der Waals surface area contributed by atoms with Gasteiger partial charge in [0.05, 0.1) is 11.4 Å². The number of quaternary nitrogens is 2. The molecule has 0 spiro atoms. The van der Waals surface area contributed by atoms with Crippen LogP contribution in [0.15, 0.2) is 142 Å². The summed E-state index contributed by atoms with van der Waals surface area (Å²) in [5, 5.41) is 9.80. The highest BCUT2D eigenvalue weighted by Gasteiger charge is 2.29. The minimum absolute atomic E-state index is 0.373. The van der Waals surface area contributed by atoms with Crippen LogP contribution >= 0.6 is 0 Å². The highest BCUT2D eigenvalue weighted by molar-refractivity contribution is 6.01. The second-order valence-electron chi connectivity index (χ2n) is 28.9. The van der Waals surface area contributed by atoms with Crippen molar-refractivity contribution < 1.29 is 48.8 Å². The fraction of sp³-hybridized carbons (Fsp3) is 0.519. The molecule has 0 radical (unpaired) electrons. The Hall–Kier alpha value is -7.82. The highest BCUT2D eigenvalue weighted by atomic mass is 16.6. The quantitative estimate of drug-likeness (QED) is 0.0290. The number of rotatable bonds is 20. The molecule has 6 rings (SSSR count). The zero-order valence-corrected chi connectivity index (χ0v) is 62.8. The van der Waals surface area contributed by atoms with Crippen LogP contribution in [0.4, 0.5) is 64.7 Å². The molecule has 0 heterocycles. The Kier molecular flexibility index (Phi) is 35.0. The highest BCUT2D eigenvalue weighted by Crippen LogP contribution is 2.36. The Morgan fingerprint density at radius 3 is 1.36 bits per heavy atom. The van der Waals surface area contributed by atoms with Crippen LogP contribution in [0.25, 0.3) is 0 Å². The number of nitrogens with zero attached hydrogens (tertiary/aromatic N) is 4. The molecule has 16 heteroatoms. The fourth-order valence-corrected chi connectivity index (χ4v) is 9.55. The molecule has 0 saturated carbocycles. The Labute approximate surface area is 573 Å². The standard InChI is InChI=1S/C58H77N7O6.C12H19NO2.C5H12.2C2H6/c1-40-37-45(31-32-46(40)63-53(66)69-56(4,5)6)61-47-33-34-50(42(3)52(47)62-44-29-23-20-24-30-44)64(54(67)70-57(7,8)9)35-25-17-15-14-16-18-26-36-65(55(68)71-58(10,11)12)51-39-49(48(59-13)38-41(51)2)60-43-27-21-19-22-28-43;1-9-7-5-6-8-10(9)13-11(14)15-12(2,3)4;1-5(2,3)4;2*1-2/h19-24,27-30,32-34,37-39,60,62H,13-18,25-26,31,35-36H2,1-12H3,(H,63,66);7-8H,5-6H2,1-4H3,(H,13,14);1-4H3;2*1-2H3/p+2. The topological polar surface area (TPSA) is 194 Å². The lowest BCUT2D eigenvalue weighted by molar-refractivity contribution is -0.478. The van der Waals surface area contributed by atoms with Crippen molar-refractivity contribution in [3.8, 4) is 0 Å². The summed E-state index contributed by atoms with van der Waals surface area (Å²) in [5.74, 6) is 0. The summed E-state index contributed by atoms with van der Waals surface area (Å²) >= 11 is 0. The van der Waals surface area contributed by atoms with Crippen molar-refractivity contribution in [2.75, 3.05) is 22.9 Å². The lowest BCUT2D eigenvalue weighted by Gasteiger charge is -2.29. The summed E-state index contributed by atoms with van der Waals surface area (Å²) in [6.07, 6.45) is 15.5. The molecule has 4 amide bonds. The van der Waals surface area contributed by atoms with Gasteiger partial charge in [0.2, 0.25) is 0 Å². The maximum atomic E-state index is 14.0. The summed E-state index contributed by atoms with van der Waals surface area (Å²) in [6, 6.07) is 28.1. The van der Waals surface area contributed by atoms with Crippen LogP contribution in [-0.4, -0.2) is 72.3 Å². The zero-order chi connectivity index (χ0) is 71.9. The first kappa shape index (κ1) is 83.3. The molecule has 2 aliphatic rings. The van der Waals surface area contributed by atoms with Crippen molar-refractivity contribution in [3.05, 3.63) is 143 Å². The number of allylic oxidation sites excluding steroid dienone is 6. The van der Waals surface area contributed by atoms with E-state index < -0.39 is 34.6 Å². The Balaban J connectivity index is 0.00000108. The molecule has 16 nitrogen and oxygen atoms in total. The summed E-state index contributed by atoms with van der Waals surface area (Å²) in [6.45, 7) is 51.9. The number of alkyl carbamates (subject to hydrolysis) is 2. The Morgan fingerprint density at radius 1 is 0.505 bits per heavy atom. The molecular weight excluding hydrogens is 1190 g/mol. The maximum Gasteiger partial charge on any atom is 0.414 e. The zero-order valence-electron chi connectivity index (χ0n) is 62.8. The number of carbonyl (C=O) groups excluding carboxylic acids is 4. The molecular formula is C79H122N8O8+2. The van der Waals surface area contributed by atoms with E-state index >= 15 is 0 Å². The first-order chi connectivity index (χ1) is 44.4. The number of hydrogen-bond acceptors (Lipinski definition) is 10. The van der Waals surface area contributed by atoms with Crippen LogP contribution in [0.3, 0.4) is 0 Å². The van der Waals surface area contributed by atoms with E-state index in [0.717, 1.165) is 137 Å². The lowest BCUT2D eigenvalue weighted by Crippen LogP contribution is -2.71. The molecule has 0 bridgehead atoms. The number of aryl methyl sites for hydroxylation is 1. The number of hydrogen-bond donors (Lipinski definition) is 4. The van der Waals surface area contributed by atoms with E-state index in [4.69, 9.17) is 23.9 Å². The average Bonchev–Trinajstić information content (AvgIpc) is 0.801. The number of benzene rings is 4. The molecule has 0 saturated heterocycles. The molecule has 4 aromatic carbocycles. The number of nitrogens with one attached hydrogen (secondary N) is 2. The number of aliphatic imine (C=N–C) groups is 2. The summed E-state index contributed by atoms with van der Waals surface area (Å²) in [7, 11) is 0. The molecule has 0 fully saturated rings. The van der Waals surface area contributed by atoms with Gasteiger partial charge in [0.1, 0.15) is 45.2 Å². The second-order valence-corrected chi connectivity index (χ2v) is 28.9. The molecule has 524 valence electrons. The van der Waals surface area contributed by atoms with Crippen molar-refractivity contribution >= 4 is 82.3 Å². The van der Waals surface area contributed by atoms with Gasteiger partial charge in [-0.25, -0.2) is 24.2 Å². The number of amides is 4. The summed E-state index contributed by atoms with van der Waals surface area (Å²) in [4.78, 5) is 64.8. The normalized spacial score (nSPS) is 13.5. The van der Waals surface area contributed by atoms with Gasteiger partial charge in [0.25, 0.3) is 0 Å². The molecule has 6 N–H and O–H groups in total. The number of nitrogens with two attached hydrogens (primary N) is 2. The van der Waals surface area contributed by atoms with E-state index in [9.17, 15) is 19.2 Å². The van der Waals surface area contributed by atoms with Gasteiger partial charge in [-0.15, -0.1) is 0 Å². The number of ether oxygens (including phenoxy) is 4.